The molecule has 0 N–H and O–H groups in total. The number of anilines is 1. The fourth-order valence-electron chi connectivity index (χ4n) is 3.35. The predicted octanol–water partition coefficient (Wildman–Crippen LogP) is 3.82. The van der Waals surface area contributed by atoms with Gasteiger partial charge in [-0.25, -0.2) is 0 Å². The lowest BCUT2D eigenvalue weighted by Crippen LogP contribution is -2.41. The first-order chi connectivity index (χ1) is 11.6. The van der Waals surface area contributed by atoms with E-state index in [-0.39, 0.29) is 11.9 Å². The summed E-state index contributed by atoms with van der Waals surface area (Å²) in [6.45, 7) is 3.34. The van der Waals surface area contributed by atoms with Crippen molar-refractivity contribution in [2.24, 2.45) is 0 Å². The van der Waals surface area contributed by atoms with Crippen LogP contribution in [0.4, 0.5) is 5.69 Å². The third-order valence-electron chi connectivity index (χ3n) is 4.49. The zero-order chi connectivity index (χ0) is 17.1. The predicted molar refractivity (Wildman–Crippen MR) is 102 cm³/mol. The van der Waals surface area contributed by atoms with E-state index in [1.165, 1.54) is 16.0 Å². The molecular weight excluding hydrogens is 316 g/mol. The minimum Gasteiger partial charge on any atom is -0.308 e. The second-order valence-electron chi connectivity index (χ2n) is 6.47. The first kappa shape index (κ1) is 17.1. The molecule has 3 nitrogen and oxygen atoms in total. The molecule has 1 aliphatic rings. The Bertz CT molecular complexity index is 714. The van der Waals surface area contributed by atoms with Crippen LogP contribution in [0.1, 0.15) is 18.1 Å². The van der Waals surface area contributed by atoms with Gasteiger partial charge in [0.15, 0.2) is 0 Å². The van der Waals surface area contributed by atoms with Crippen LogP contribution in [0.3, 0.4) is 0 Å². The Balaban J connectivity index is 1.63. The zero-order valence-electron chi connectivity index (χ0n) is 14.5. The third-order valence-corrected chi connectivity index (χ3v) is 5.24. The highest BCUT2D eigenvalue weighted by Gasteiger charge is 2.30. The van der Waals surface area contributed by atoms with E-state index in [1.54, 1.807) is 11.8 Å². The van der Waals surface area contributed by atoms with E-state index in [0.717, 1.165) is 18.7 Å². The van der Waals surface area contributed by atoms with Gasteiger partial charge in [-0.3, -0.25) is 9.69 Å². The van der Waals surface area contributed by atoms with Gasteiger partial charge >= 0.3 is 0 Å². The van der Waals surface area contributed by atoms with Crippen molar-refractivity contribution in [3.8, 4) is 0 Å². The Labute approximate surface area is 148 Å². The van der Waals surface area contributed by atoms with E-state index in [1.807, 2.05) is 24.1 Å². The Hall–Kier alpha value is -1.78. The fourth-order valence-corrected chi connectivity index (χ4v) is 3.76. The molecule has 0 saturated heterocycles. The zero-order valence-corrected chi connectivity index (χ0v) is 15.3. The second-order valence-corrected chi connectivity index (χ2v) is 7.35. The highest BCUT2D eigenvalue weighted by Crippen LogP contribution is 2.31. The first-order valence-electron chi connectivity index (χ1n) is 8.30. The number of carbonyl (C=O) groups is 1. The SMILES string of the molecule is CSc1ccc(CN(C)CC(=O)N2c3ccccc3C[C@@H]2C)cc1. The molecule has 0 fully saturated rings. The summed E-state index contributed by atoms with van der Waals surface area (Å²) in [6.07, 6.45) is 3.02. The van der Waals surface area contributed by atoms with Crippen LogP contribution < -0.4 is 4.90 Å². The molecular formula is C20H24N2OS. The van der Waals surface area contributed by atoms with Gasteiger partial charge in [-0.05, 0) is 56.0 Å². The minimum atomic E-state index is 0.177. The summed E-state index contributed by atoms with van der Waals surface area (Å²) in [4.78, 5) is 18.1. The topological polar surface area (TPSA) is 23.6 Å². The molecule has 1 heterocycles. The number of nitrogens with zero attached hydrogens (tertiary/aromatic N) is 2. The van der Waals surface area contributed by atoms with E-state index in [2.05, 4.69) is 54.5 Å². The van der Waals surface area contributed by atoms with Crippen molar-refractivity contribution in [2.75, 3.05) is 24.7 Å². The number of carbonyl (C=O) groups excluding carboxylic acids is 1. The molecule has 0 aromatic heterocycles. The van der Waals surface area contributed by atoms with Crippen LogP contribution in [0.15, 0.2) is 53.4 Å². The molecule has 2 aromatic carbocycles. The summed E-state index contributed by atoms with van der Waals surface area (Å²) in [5.74, 6) is 0.177. The summed E-state index contributed by atoms with van der Waals surface area (Å²) in [7, 11) is 2.01. The molecule has 2 aromatic rings. The van der Waals surface area contributed by atoms with E-state index >= 15 is 0 Å². The average molecular weight is 340 g/mol. The largest absolute Gasteiger partial charge is 0.308 e. The number of hydrogen-bond acceptors (Lipinski definition) is 3. The second kappa shape index (κ2) is 7.41. The Morgan fingerprint density at radius 2 is 1.92 bits per heavy atom. The van der Waals surface area contributed by atoms with Gasteiger partial charge in [0.05, 0.1) is 6.54 Å². The molecule has 0 radical (unpaired) electrons. The molecule has 0 saturated carbocycles. The van der Waals surface area contributed by atoms with Gasteiger partial charge < -0.3 is 4.90 Å². The molecule has 1 amide bonds. The number of benzene rings is 2. The molecule has 0 bridgehead atoms. The van der Waals surface area contributed by atoms with E-state index < -0.39 is 0 Å². The van der Waals surface area contributed by atoms with E-state index in [9.17, 15) is 4.79 Å². The number of likely N-dealkylation sites (N-methyl/N-ethyl adjacent to an activating group) is 1. The molecule has 24 heavy (non-hydrogen) atoms. The van der Waals surface area contributed by atoms with Crippen LogP contribution in [0.5, 0.6) is 0 Å². The van der Waals surface area contributed by atoms with E-state index in [0.29, 0.717) is 6.54 Å². The van der Waals surface area contributed by atoms with Gasteiger partial charge in [-0.2, -0.15) is 0 Å². The lowest BCUT2D eigenvalue weighted by molar-refractivity contribution is -0.119. The number of hydrogen-bond donors (Lipinski definition) is 0. The van der Waals surface area contributed by atoms with Gasteiger partial charge in [0, 0.05) is 23.2 Å². The number of para-hydroxylation sites is 1. The number of amides is 1. The molecule has 3 rings (SSSR count). The maximum atomic E-state index is 12.8. The molecule has 1 atom stereocenters. The van der Waals surface area contributed by atoms with Crippen molar-refractivity contribution < 1.29 is 4.79 Å². The molecule has 0 unspecified atom stereocenters. The average Bonchev–Trinajstić information content (AvgIpc) is 2.91. The van der Waals surface area contributed by atoms with Crippen LogP contribution in [-0.2, 0) is 17.8 Å². The Morgan fingerprint density at radius 3 is 2.62 bits per heavy atom. The smallest absolute Gasteiger partial charge is 0.241 e. The van der Waals surface area contributed by atoms with Gasteiger partial charge in [0.1, 0.15) is 0 Å². The van der Waals surface area contributed by atoms with Crippen molar-refractivity contribution in [1.82, 2.24) is 4.90 Å². The van der Waals surface area contributed by atoms with Gasteiger partial charge in [0.2, 0.25) is 5.91 Å². The Morgan fingerprint density at radius 1 is 1.21 bits per heavy atom. The van der Waals surface area contributed by atoms with Crippen molar-refractivity contribution in [3.63, 3.8) is 0 Å². The first-order valence-corrected chi connectivity index (χ1v) is 9.52. The summed E-state index contributed by atoms with van der Waals surface area (Å²) in [5, 5.41) is 0. The summed E-state index contributed by atoms with van der Waals surface area (Å²) < 4.78 is 0. The number of thioether (sulfide) groups is 1. The lowest BCUT2D eigenvalue weighted by Gasteiger charge is -2.26. The van der Waals surface area contributed by atoms with Crippen molar-refractivity contribution >= 4 is 23.4 Å². The highest BCUT2D eigenvalue weighted by molar-refractivity contribution is 7.98. The highest BCUT2D eigenvalue weighted by atomic mass is 32.2. The number of rotatable bonds is 5. The molecule has 4 heteroatoms. The van der Waals surface area contributed by atoms with Crippen LogP contribution in [0, 0.1) is 0 Å². The molecule has 0 spiro atoms. The van der Waals surface area contributed by atoms with Crippen LogP contribution in [0.25, 0.3) is 0 Å². The van der Waals surface area contributed by atoms with Crippen LogP contribution >= 0.6 is 11.8 Å². The lowest BCUT2D eigenvalue weighted by atomic mass is 10.1. The standard InChI is InChI=1S/C20H24N2OS/c1-15-12-17-6-4-5-7-19(17)22(15)20(23)14-21(2)13-16-8-10-18(24-3)11-9-16/h4-11,15H,12-14H2,1-3H3/t15-/m0/s1. The summed E-state index contributed by atoms with van der Waals surface area (Å²) in [5.41, 5.74) is 3.58. The van der Waals surface area contributed by atoms with Gasteiger partial charge in [-0.15, -0.1) is 11.8 Å². The van der Waals surface area contributed by atoms with Crippen molar-refractivity contribution in [3.05, 3.63) is 59.7 Å². The quantitative estimate of drug-likeness (QED) is 0.773. The van der Waals surface area contributed by atoms with Crippen LogP contribution in [-0.4, -0.2) is 36.7 Å². The van der Waals surface area contributed by atoms with Gasteiger partial charge in [0.25, 0.3) is 0 Å². The Kier molecular flexibility index (Phi) is 5.27. The maximum absolute atomic E-state index is 12.8. The maximum Gasteiger partial charge on any atom is 0.241 e. The third kappa shape index (κ3) is 3.65. The summed E-state index contributed by atoms with van der Waals surface area (Å²) >= 11 is 1.74. The fraction of sp³-hybridized carbons (Fsp3) is 0.350. The van der Waals surface area contributed by atoms with E-state index in [4.69, 9.17) is 0 Å². The number of fused-ring (bicyclic) bond motifs is 1. The van der Waals surface area contributed by atoms with Crippen LogP contribution in [0.2, 0.25) is 0 Å². The normalized spacial score (nSPS) is 16.5. The van der Waals surface area contributed by atoms with Crippen molar-refractivity contribution in [2.45, 2.75) is 30.8 Å². The van der Waals surface area contributed by atoms with Gasteiger partial charge in [-0.1, -0.05) is 30.3 Å². The summed E-state index contributed by atoms with van der Waals surface area (Å²) in [6, 6.07) is 17.0. The van der Waals surface area contributed by atoms with Crippen molar-refractivity contribution in [1.29, 1.82) is 0 Å². The molecule has 0 aliphatic carbocycles. The monoisotopic (exact) mass is 340 g/mol. The minimum absolute atomic E-state index is 0.177. The molecule has 1 aliphatic heterocycles. The molecule has 126 valence electrons.